The minimum absolute atomic E-state index is 0.144. The van der Waals surface area contributed by atoms with Crippen molar-refractivity contribution in [3.8, 4) is 11.3 Å². The van der Waals surface area contributed by atoms with E-state index in [0.29, 0.717) is 35.1 Å². The number of aromatic nitrogens is 1. The first-order chi connectivity index (χ1) is 10.1. The largest absolute Gasteiger partial charge is 0.380 e. The molecule has 1 aliphatic rings. The Labute approximate surface area is 127 Å². The fourth-order valence-corrected chi connectivity index (χ4v) is 4.06. The molecule has 0 radical (unpaired) electrons. The highest BCUT2D eigenvalue weighted by molar-refractivity contribution is 7.91. The lowest BCUT2D eigenvalue weighted by molar-refractivity contribution is 0.198. The number of sulfone groups is 1. The number of hydrogen-bond donors (Lipinski definition) is 0. The molecular formula is C14H14ClNO4S. The first-order valence-electron chi connectivity index (χ1n) is 6.56. The molecule has 0 N–H and O–H groups in total. The van der Waals surface area contributed by atoms with Crippen LogP contribution in [-0.2, 0) is 20.3 Å². The molecule has 0 spiro atoms. The van der Waals surface area contributed by atoms with E-state index in [2.05, 4.69) is 5.16 Å². The second-order valence-electron chi connectivity index (χ2n) is 4.96. The molecule has 0 bridgehead atoms. The summed E-state index contributed by atoms with van der Waals surface area (Å²) < 4.78 is 34.8. The molecule has 1 saturated heterocycles. The third-order valence-corrected chi connectivity index (χ3v) is 5.86. The Morgan fingerprint density at radius 2 is 2.14 bits per heavy atom. The summed E-state index contributed by atoms with van der Waals surface area (Å²) in [7, 11) is -3.27. The monoisotopic (exact) mass is 327 g/mol. The summed E-state index contributed by atoms with van der Waals surface area (Å²) in [6.45, 7) is 0.755. The van der Waals surface area contributed by atoms with Crippen LogP contribution in [-0.4, -0.2) is 32.0 Å². The smallest absolute Gasteiger partial charge is 0.168 e. The normalized spacial score (nSPS) is 19.0. The fourth-order valence-electron chi connectivity index (χ4n) is 2.29. The van der Waals surface area contributed by atoms with Crippen LogP contribution in [0.3, 0.4) is 0 Å². The second-order valence-corrected chi connectivity index (χ2v) is 7.64. The van der Waals surface area contributed by atoms with Gasteiger partial charge in [-0.1, -0.05) is 28.9 Å². The van der Waals surface area contributed by atoms with Gasteiger partial charge in [-0.2, -0.15) is 0 Å². The molecule has 112 valence electrons. The van der Waals surface area contributed by atoms with Gasteiger partial charge in [0.25, 0.3) is 0 Å². The van der Waals surface area contributed by atoms with Gasteiger partial charge in [0.05, 0.1) is 28.3 Å². The van der Waals surface area contributed by atoms with Gasteiger partial charge in [0.15, 0.2) is 15.6 Å². The molecule has 2 aromatic rings. The van der Waals surface area contributed by atoms with Crippen molar-refractivity contribution in [1.29, 1.82) is 0 Å². The molecule has 2 heterocycles. The van der Waals surface area contributed by atoms with Crippen molar-refractivity contribution in [2.24, 2.45) is 0 Å². The highest BCUT2D eigenvalue weighted by atomic mass is 35.5. The highest BCUT2D eigenvalue weighted by Gasteiger charge is 2.30. The standard InChI is InChI=1S/C14H14ClNO4S/c15-13-4-2-1-3-12(13)14-7-10(16-20-14)9-21(17,18)11-5-6-19-8-11/h1-4,7,11H,5-6,8-9H2. The Morgan fingerprint density at radius 3 is 2.86 bits per heavy atom. The van der Waals surface area contributed by atoms with Crippen LogP contribution >= 0.6 is 11.6 Å². The third kappa shape index (κ3) is 3.12. The molecular weight excluding hydrogens is 314 g/mol. The maximum Gasteiger partial charge on any atom is 0.168 e. The van der Waals surface area contributed by atoms with Gasteiger partial charge in [0, 0.05) is 18.2 Å². The third-order valence-electron chi connectivity index (χ3n) is 3.44. The number of rotatable bonds is 4. The van der Waals surface area contributed by atoms with Crippen molar-refractivity contribution in [3.63, 3.8) is 0 Å². The minimum Gasteiger partial charge on any atom is -0.380 e. The van der Waals surface area contributed by atoms with Crippen LogP contribution in [0.15, 0.2) is 34.9 Å². The Balaban J connectivity index is 1.81. The quantitative estimate of drug-likeness (QED) is 0.863. The van der Waals surface area contributed by atoms with Gasteiger partial charge in [-0.05, 0) is 18.6 Å². The van der Waals surface area contributed by atoms with Gasteiger partial charge in [-0.3, -0.25) is 0 Å². The molecule has 3 rings (SSSR count). The van der Waals surface area contributed by atoms with Crippen LogP contribution in [0.2, 0.25) is 5.02 Å². The number of nitrogens with zero attached hydrogens (tertiary/aromatic N) is 1. The van der Waals surface area contributed by atoms with Crippen LogP contribution in [0.5, 0.6) is 0 Å². The Kier molecular flexibility index (Phi) is 4.01. The van der Waals surface area contributed by atoms with Crippen molar-refractivity contribution in [2.45, 2.75) is 17.4 Å². The number of halogens is 1. The van der Waals surface area contributed by atoms with E-state index in [1.165, 1.54) is 0 Å². The summed E-state index contributed by atoms with van der Waals surface area (Å²) >= 11 is 6.08. The molecule has 1 fully saturated rings. The minimum atomic E-state index is -3.27. The van der Waals surface area contributed by atoms with Crippen LogP contribution in [0.1, 0.15) is 12.1 Å². The zero-order chi connectivity index (χ0) is 14.9. The highest BCUT2D eigenvalue weighted by Crippen LogP contribution is 2.29. The molecule has 1 aromatic carbocycles. The topological polar surface area (TPSA) is 69.4 Å². The van der Waals surface area contributed by atoms with E-state index in [1.807, 2.05) is 12.1 Å². The number of hydrogen-bond acceptors (Lipinski definition) is 5. The first-order valence-corrected chi connectivity index (χ1v) is 8.65. The summed E-state index contributed by atoms with van der Waals surface area (Å²) in [5.74, 6) is 0.322. The molecule has 0 saturated carbocycles. The van der Waals surface area contributed by atoms with Gasteiger partial charge in [-0.25, -0.2) is 8.42 Å². The maximum atomic E-state index is 12.2. The molecule has 1 unspecified atom stereocenters. The molecule has 0 aliphatic carbocycles. The van der Waals surface area contributed by atoms with Crippen molar-refractivity contribution >= 4 is 21.4 Å². The second kappa shape index (κ2) is 5.79. The van der Waals surface area contributed by atoms with Crippen LogP contribution < -0.4 is 0 Å². The summed E-state index contributed by atoms with van der Waals surface area (Å²) in [5, 5.41) is 3.92. The zero-order valence-corrected chi connectivity index (χ0v) is 12.7. The predicted molar refractivity (Wildman–Crippen MR) is 78.8 cm³/mol. The number of benzene rings is 1. The SMILES string of the molecule is O=S(=O)(Cc1cc(-c2ccccc2Cl)on1)C1CCOC1. The van der Waals surface area contributed by atoms with Crippen LogP contribution in [0.25, 0.3) is 11.3 Å². The van der Waals surface area contributed by atoms with E-state index in [-0.39, 0.29) is 12.4 Å². The summed E-state index contributed by atoms with van der Waals surface area (Å²) in [4.78, 5) is 0. The lowest BCUT2D eigenvalue weighted by Gasteiger charge is -2.07. The zero-order valence-electron chi connectivity index (χ0n) is 11.2. The van der Waals surface area contributed by atoms with E-state index in [0.717, 1.165) is 0 Å². The van der Waals surface area contributed by atoms with Crippen molar-refractivity contribution in [1.82, 2.24) is 5.16 Å². The average Bonchev–Trinajstić information content (AvgIpc) is 3.10. The molecule has 5 nitrogen and oxygen atoms in total. The van der Waals surface area contributed by atoms with E-state index >= 15 is 0 Å². The van der Waals surface area contributed by atoms with E-state index < -0.39 is 15.1 Å². The van der Waals surface area contributed by atoms with E-state index in [4.69, 9.17) is 20.9 Å². The van der Waals surface area contributed by atoms with Crippen LogP contribution in [0.4, 0.5) is 0 Å². The molecule has 7 heteroatoms. The number of ether oxygens (including phenoxy) is 1. The maximum absolute atomic E-state index is 12.2. The van der Waals surface area contributed by atoms with Crippen molar-refractivity contribution in [3.05, 3.63) is 41.0 Å². The van der Waals surface area contributed by atoms with Gasteiger partial charge in [0.2, 0.25) is 0 Å². The van der Waals surface area contributed by atoms with E-state index in [1.54, 1.807) is 18.2 Å². The van der Waals surface area contributed by atoms with Gasteiger partial charge in [-0.15, -0.1) is 0 Å². The lowest BCUT2D eigenvalue weighted by atomic mass is 10.2. The summed E-state index contributed by atoms with van der Waals surface area (Å²) in [6, 6.07) is 8.80. The van der Waals surface area contributed by atoms with Gasteiger partial charge >= 0.3 is 0 Å². The molecule has 0 amide bonds. The van der Waals surface area contributed by atoms with Gasteiger partial charge in [0.1, 0.15) is 0 Å². The molecule has 1 aliphatic heterocycles. The molecule has 21 heavy (non-hydrogen) atoms. The van der Waals surface area contributed by atoms with Gasteiger partial charge < -0.3 is 9.26 Å². The molecule has 1 atom stereocenters. The predicted octanol–water partition coefficient (Wildman–Crippen LogP) is 2.70. The first kappa shape index (κ1) is 14.6. The average molecular weight is 328 g/mol. The Hall–Kier alpha value is -1.37. The van der Waals surface area contributed by atoms with Crippen molar-refractivity contribution < 1.29 is 17.7 Å². The Bertz CT molecular complexity index is 735. The van der Waals surface area contributed by atoms with Crippen molar-refractivity contribution in [2.75, 3.05) is 13.2 Å². The Morgan fingerprint density at radius 1 is 1.33 bits per heavy atom. The lowest BCUT2D eigenvalue weighted by Crippen LogP contribution is -2.23. The fraction of sp³-hybridized carbons (Fsp3) is 0.357. The summed E-state index contributed by atoms with van der Waals surface area (Å²) in [6.07, 6.45) is 0.539. The van der Waals surface area contributed by atoms with Crippen LogP contribution in [0, 0.1) is 0 Å². The molecule has 1 aromatic heterocycles. The summed E-state index contributed by atoms with van der Waals surface area (Å²) in [5.41, 5.74) is 1.08. The van der Waals surface area contributed by atoms with E-state index in [9.17, 15) is 8.42 Å².